The lowest BCUT2D eigenvalue weighted by molar-refractivity contribution is -0.136. The number of fused-ring (bicyclic) bond motifs is 1. The molecule has 3 rings (SSSR count). The van der Waals surface area contributed by atoms with Gasteiger partial charge in [-0.1, -0.05) is 0 Å². The van der Waals surface area contributed by atoms with Gasteiger partial charge in [-0.25, -0.2) is 4.98 Å². The van der Waals surface area contributed by atoms with Crippen LogP contribution in [0, 0.1) is 0 Å². The van der Waals surface area contributed by atoms with Gasteiger partial charge in [0.25, 0.3) is 0 Å². The van der Waals surface area contributed by atoms with Crippen molar-refractivity contribution in [2.45, 2.75) is 12.8 Å². The van der Waals surface area contributed by atoms with Gasteiger partial charge >= 0.3 is 5.97 Å². The Morgan fingerprint density at radius 2 is 2.30 bits per heavy atom. The van der Waals surface area contributed by atoms with Gasteiger partial charge < -0.3 is 14.6 Å². The molecule has 1 aliphatic rings. The first-order chi connectivity index (χ1) is 9.63. The van der Waals surface area contributed by atoms with Gasteiger partial charge in [0, 0.05) is 17.4 Å². The van der Waals surface area contributed by atoms with Crippen molar-refractivity contribution in [1.82, 2.24) is 4.98 Å². The molecule has 0 saturated carbocycles. The molecule has 7 heteroatoms. The molecule has 0 aliphatic carbocycles. The van der Waals surface area contributed by atoms with Crippen LogP contribution in [0.25, 0.3) is 10.6 Å². The summed E-state index contributed by atoms with van der Waals surface area (Å²) in [7, 11) is 0. The standard InChI is InChI=1S/C13H10BrNO4S/c14-9-3-7(4-10-12(9)19-6-18-10)13-15-8(5-20-13)1-2-11(16)17/h3-5H,1-2,6H2,(H,16,17). The topological polar surface area (TPSA) is 68.7 Å². The van der Waals surface area contributed by atoms with Gasteiger partial charge in [-0.15, -0.1) is 11.3 Å². The van der Waals surface area contributed by atoms with Gasteiger partial charge in [0.2, 0.25) is 6.79 Å². The number of nitrogens with zero attached hydrogens (tertiary/aromatic N) is 1. The largest absolute Gasteiger partial charge is 0.481 e. The van der Waals surface area contributed by atoms with E-state index in [2.05, 4.69) is 20.9 Å². The predicted molar refractivity (Wildman–Crippen MR) is 77.3 cm³/mol. The molecule has 0 spiro atoms. The molecular weight excluding hydrogens is 346 g/mol. The zero-order chi connectivity index (χ0) is 14.1. The first-order valence-corrected chi connectivity index (χ1v) is 7.56. The Bertz CT molecular complexity index is 670. The number of hydrogen-bond donors (Lipinski definition) is 1. The molecule has 0 amide bonds. The van der Waals surface area contributed by atoms with Crippen LogP contribution in [-0.2, 0) is 11.2 Å². The summed E-state index contributed by atoms with van der Waals surface area (Å²) in [6.07, 6.45) is 0.533. The molecule has 1 aromatic heterocycles. The van der Waals surface area contributed by atoms with Gasteiger partial charge in [-0.3, -0.25) is 4.79 Å². The number of aromatic nitrogens is 1. The Labute approximate surface area is 127 Å². The average Bonchev–Trinajstić information content (AvgIpc) is 3.05. The van der Waals surface area contributed by atoms with Crippen molar-refractivity contribution in [2.24, 2.45) is 0 Å². The minimum absolute atomic E-state index is 0.0913. The highest BCUT2D eigenvalue weighted by Crippen LogP contribution is 2.42. The van der Waals surface area contributed by atoms with E-state index in [1.165, 1.54) is 11.3 Å². The second-order valence-electron chi connectivity index (χ2n) is 4.23. The van der Waals surface area contributed by atoms with Crippen LogP contribution in [0.2, 0.25) is 0 Å². The molecule has 2 heterocycles. The number of halogens is 1. The fourth-order valence-corrected chi connectivity index (χ4v) is 3.28. The van der Waals surface area contributed by atoms with Crippen LogP contribution in [0.5, 0.6) is 11.5 Å². The predicted octanol–water partition coefficient (Wildman–Crippen LogP) is 3.32. The van der Waals surface area contributed by atoms with Crippen LogP contribution in [0.4, 0.5) is 0 Å². The summed E-state index contributed by atoms with van der Waals surface area (Å²) in [5.41, 5.74) is 1.72. The van der Waals surface area contributed by atoms with E-state index in [-0.39, 0.29) is 13.2 Å². The molecule has 0 fully saturated rings. The van der Waals surface area contributed by atoms with E-state index < -0.39 is 5.97 Å². The number of ether oxygens (including phenoxy) is 2. The first-order valence-electron chi connectivity index (χ1n) is 5.89. The van der Waals surface area contributed by atoms with E-state index in [0.717, 1.165) is 20.7 Å². The summed E-state index contributed by atoms with van der Waals surface area (Å²) in [6, 6.07) is 3.81. The maximum absolute atomic E-state index is 10.6. The quantitative estimate of drug-likeness (QED) is 0.910. The van der Waals surface area contributed by atoms with Crippen molar-refractivity contribution in [3.63, 3.8) is 0 Å². The SMILES string of the molecule is O=C(O)CCc1csc(-c2cc(Br)c3c(c2)OCO3)n1. The van der Waals surface area contributed by atoms with Crippen molar-refractivity contribution in [2.75, 3.05) is 6.79 Å². The number of aryl methyl sites for hydroxylation is 1. The summed E-state index contributed by atoms with van der Waals surface area (Å²) >= 11 is 4.93. The Morgan fingerprint density at radius 1 is 1.45 bits per heavy atom. The number of thiazole rings is 1. The molecule has 20 heavy (non-hydrogen) atoms. The normalized spacial score (nSPS) is 12.7. The lowest BCUT2D eigenvalue weighted by Crippen LogP contribution is -1.97. The fourth-order valence-electron chi connectivity index (χ4n) is 1.88. The van der Waals surface area contributed by atoms with Crippen molar-refractivity contribution in [3.8, 4) is 22.1 Å². The molecular formula is C13H10BrNO4S. The lowest BCUT2D eigenvalue weighted by Gasteiger charge is -2.02. The number of carboxylic acids is 1. The lowest BCUT2D eigenvalue weighted by atomic mass is 10.2. The summed E-state index contributed by atoms with van der Waals surface area (Å²) in [5.74, 6) is 0.582. The van der Waals surface area contributed by atoms with Gasteiger partial charge in [0.15, 0.2) is 11.5 Å². The van der Waals surface area contributed by atoms with E-state index in [4.69, 9.17) is 14.6 Å². The molecule has 0 unspecified atom stereocenters. The summed E-state index contributed by atoms with van der Waals surface area (Å²) in [5, 5.41) is 11.4. The second kappa shape index (κ2) is 5.41. The molecule has 0 atom stereocenters. The van der Waals surface area contributed by atoms with E-state index >= 15 is 0 Å². The van der Waals surface area contributed by atoms with Crippen LogP contribution >= 0.6 is 27.3 Å². The minimum atomic E-state index is -0.814. The van der Waals surface area contributed by atoms with Gasteiger partial charge in [0.05, 0.1) is 16.6 Å². The number of rotatable bonds is 4. The highest BCUT2D eigenvalue weighted by molar-refractivity contribution is 9.10. The molecule has 104 valence electrons. The molecule has 2 aromatic rings. The average molecular weight is 356 g/mol. The van der Waals surface area contributed by atoms with E-state index in [0.29, 0.717) is 17.9 Å². The van der Waals surface area contributed by atoms with Crippen molar-refractivity contribution in [1.29, 1.82) is 0 Å². The van der Waals surface area contributed by atoms with E-state index in [1.807, 2.05) is 17.5 Å². The molecule has 1 aliphatic heterocycles. The van der Waals surface area contributed by atoms with Gasteiger partial charge in [-0.05, 0) is 28.1 Å². The van der Waals surface area contributed by atoms with Crippen LogP contribution in [0.1, 0.15) is 12.1 Å². The molecule has 0 bridgehead atoms. The minimum Gasteiger partial charge on any atom is -0.481 e. The van der Waals surface area contributed by atoms with Crippen molar-refractivity contribution >= 4 is 33.2 Å². The molecule has 5 nitrogen and oxygen atoms in total. The van der Waals surface area contributed by atoms with Crippen LogP contribution in [0.15, 0.2) is 22.0 Å². The summed E-state index contributed by atoms with van der Waals surface area (Å²) in [4.78, 5) is 15.0. The maximum Gasteiger partial charge on any atom is 0.303 e. The number of benzene rings is 1. The third kappa shape index (κ3) is 2.64. The zero-order valence-electron chi connectivity index (χ0n) is 10.3. The molecule has 1 N–H and O–H groups in total. The Morgan fingerprint density at radius 3 is 3.10 bits per heavy atom. The highest BCUT2D eigenvalue weighted by Gasteiger charge is 2.19. The Hall–Kier alpha value is -1.60. The highest BCUT2D eigenvalue weighted by atomic mass is 79.9. The summed E-state index contributed by atoms with van der Waals surface area (Å²) < 4.78 is 11.5. The van der Waals surface area contributed by atoms with Gasteiger partial charge in [0.1, 0.15) is 5.01 Å². The Balaban J connectivity index is 1.86. The fraction of sp³-hybridized carbons (Fsp3) is 0.231. The smallest absolute Gasteiger partial charge is 0.303 e. The molecule has 0 radical (unpaired) electrons. The number of carboxylic acid groups (broad SMARTS) is 1. The van der Waals surface area contributed by atoms with E-state index in [1.54, 1.807) is 0 Å². The molecule has 0 saturated heterocycles. The van der Waals surface area contributed by atoms with Crippen LogP contribution in [0.3, 0.4) is 0 Å². The van der Waals surface area contributed by atoms with Crippen LogP contribution < -0.4 is 9.47 Å². The maximum atomic E-state index is 10.6. The number of hydrogen-bond acceptors (Lipinski definition) is 5. The second-order valence-corrected chi connectivity index (χ2v) is 5.94. The van der Waals surface area contributed by atoms with Crippen molar-refractivity contribution in [3.05, 3.63) is 27.7 Å². The third-order valence-corrected chi connectivity index (χ3v) is 4.35. The van der Waals surface area contributed by atoms with E-state index in [9.17, 15) is 4.79 Å². The zero-order valence-corrected chi connectivity index (χ0v) is 12.7. The monoisotopic (exact) mass is 355 g/mol. The van der Waals surface area contributed by atoms with Gasteiger partial charge in [-0.2, -0.15) is 0 Å². The Kier molecular flexibility index (Phi) is 3.62. The first kappa shape index (κ1) is 13.4. The third-order valence-electron chi connectivity index (χ3n) is 2.82. The number of carbonyl (C=O) groups is 1. The van der Waals surface area contributed by atoms with Crippen LogP contribution in [-0.4, -0.2) is 22.9 Å². The molecule has 1 aromatic carbocycles. The summed E-state index contributed by atoms with van der Waals surface area (Å²) in [6.45, 7) is 0.221. The number of aliphatic carboxylic acids is 1. The van der Waals surface area contributed by atoms with Crippen molar-refractivity contribution < 1.29 is 19.4 Å².